The lowest BCUT2D eigenvalue weighted by Crippen LogP contribution is -2.37. The predicted molar refractivity (Wildman–Crippen MR) is 84.2 cm³/mol. The topological polar surface area (TPSA) is 52.6 Å². The van der Waals surface area contributed by atoms with E-state index in [0.29, 0.717) is 6.54 Å². The van der Waals surface area contributed by atoms with Crippen LogP contribution in [0.4, 0.5) is 4.79 Å². The molecule has 1 aliphatic rings. The highest BCUT2D eigenvalue weighted by Gasteiger charge is 2.14. The van der Waals surface area contributed by atoms with Gasteiger partial charge in [-0.05, 0) is 18.4 Å². The normalized spacial score (nSPS) is 15.7. The average Bonchev–Trinajstić information content (AvgIpc) is 2.50. The van der Waals surface area contributed by atoms with Crippen molar-refractivity contribution in [2.24, 2.45) is 5.92 Å². The van der Waals surface area contributed by atoms with Gasteiger partial charge < -0.3 is 15.3 Å². The Labute approximate surface area is 127 Å². The van der Waals surface area contributed by atoms with E-state index in [2.05, 4.69) is 5.32 Å². The monoisotopic (exact) mass is 290 g/mol. The van der Waals surface area contributed by atoms with E-state index in [4.69, 9.17) is 0 Å². The third kappa shape index (κ3) is 4.96. The summed E-state index contributed by atoms with van der Waals surface area (Å²) < 4.78 is 0. The Hall–Kier alpha value is -1.71. The molecule has 0 saturated heterocycles. The Morgan fingerprint density at radius 3 is 2.71 bits per heavy atom. The van der Waals surface area contributed by atoms with Gasteiger partial charge in [0.05, 0.1) is 6.54 Å². The predicted octanol–water partition coefficient (Wildman–Crippen LogP) is 3.50. The summed E-state index contributed by atoms with van der Waals surface area (Å²) in [6, 6.07) is 7.05. The lowest BCUT2D eigenvalue weighted by molar-refractivity contribution is 0.205. The first-order valence-corrected chi connectivity index (χ1v) is 7.92. The number of phenolic OH excluding ortho intramolecular Hbond substituents is 1. The zero-order chi connectivity index (χ0) is 15.1. The highest BCUT2D eigenvalue weighted by atomic mass is 16.3. The van der Waals surface area contributed by atoms with Crippen molar-refractivity contribution in [2.75, 3.05) is 13.6 Å². The molecule has 1 aromatic rings. The first-order chi connectivity index (χ1) is 10.2. The van der Waals surface area contributed by atoms with E-state index in [1.165, 1.54) is 32.1 Å². The van der Waals surface area contributed by atoms with Crippen LogP contribution in [-0.2, 0) is 6.54 Å². The fourth-order valence-electron chi connectivity index (χ4n) is 2.97. The van der Waals surface area contributed by atoms with E-state index in [1.54, 1.807) is 24.1 Å². The molecule has 2 amide bonds. The molecule has 4 heteroatoms. The van der Waals surface area contributed by atoms with Crippen molar-refractivity contribution in [2.45, 2.75) is 45.1 Å². The van der Waals surface area contributed by atoms with Crippen molar-refractivity contribution in [3.8, 4) is 5.75 Å². The minimum absolute atomic E-state index is 0.0749. The molecule has 1 aromatic carbocycles. The molecule has 1 saturated carbocycles. The van der Waals surface area contributed by atoms with Crippen LogP contribution in [0.2, 0.25) is 0 Å². The first-order valence-electron chi connectivity index (χ1n) is 7.92. The quantitative estimate of drug-likeness (QED) is 0.872. The van der Waals surface area contributed by atoms with Gasteiger partial charge >= 0.3 is 6.03 Å². The Balaban J connectivity index is 1.71. The molecule has 0 atom stereocenters. The van der Waals surface area contributed by atoms with Crippen LogP contribution in [0.25, 0.3) is 0 Å². The zero-order valence-electron chi connectivity index (χ0n) is 12.8. The minimum atomic E-state index is -0.0749. The summed E-state index contributed by atoms with van der Waals surface area (Å²) in [6.07, 6.45) is 7.74. The van der Waals surface area contributed by atoms with Gasteiger partial charge in [-0.15, -0.1) is 0 Å². The molecule has 0 bridgehead atoms. The van der Waals surface area contributed by atoms with Gasteiger partial charge in [0, 0.05) is 19.2 Å². The Kier molecular flexibility index (Phi) is 5.90. The molecule has 1 fully saturated rings. The number of para-hydroxylation sites is 1. The Bertz CT molecular complexity index is 456. The molecule has 116 valence electrons. The van der Waals surface area contributed by atoms with E-state index in [-0.39, 0.29) is 11.8 Å². The number of nitrogens with one attached hydrogen (secondary N) is 1. The molecule has 21 heavy (non-hydrogen) atoms. The number of carbonyl (C=O) groups excluding carboxylic acids is 1. The summed E-state index contributed by atoms with van der Waals surface area (Å²) in [5, 5.41) is 12.7. The van der Waals surface area contributed by atoms with E-state index in [0.717, 1.165) is 24.4 Å². The van der Waals surface area contributed by atoms with Gasteiger partial charge in [0.2, 0.25) is 0 Å². The van der Waals surface area contributed by atoms with Crippen LogP contribution < -0.4 is 5.32 Å². The number of hydrogen-bond acceptors (Lipinski definition) is 2. The van der Waals surface area contributed by atoms with E-state index >= 15 is 0 Å². The van der Waals surface area contributed by atoms with Gasteiger partial charge in [0.1, 0.15) is 5.75 Å². The molecular formula is C17H26N2O2. The van der Waals surface area contributed by atoms with E-state index < -0.39 is 0 Å². The minimum Gasteiger partial charge on any atom is -0.508 e. The molecule has 0 aromatic heterocycles. The summed E-state index contributed by atoms with van der Waals surface area (Å²) >= 11 is 0. The molecule has 0 aliphatic heterocycles. The highest BCUT2D eigenvalue weighted by molar-refractivity contribution is 5.73. The maximum atomic E-state index is 12.0. The van der Waals surface area contributed by atoms with Gasteiger partial charge in [-0.2, -0.15) is 0 Å². The Morgan fingerprint density at radius 2 is 2.00 bits per heavy atom. The summed E-state index contributed by atoms with van der Waals surface area (Å²) in [6.45, 7) is 1.16. The maximum Gasteiger partial charge on any atom is 0.317 e. The second kappa shape index (κ2) is 7.91. The number of rotatable bonds is 5. The molecular weight excluding hydrogens is 264 g/mol. The van der Waals surface area contributed by atoms with Gasteiger partial charge in [0.25, 0.3) is 0 Å². The van der Waals surface area contributed by atoms with Crippen molar-refractivity contribution in [1.82, 2.24) is 10.2 Å². The number of nitrogens with zero attached hydrogens (tertiary/aromatic N) is 1. The van der Waals surface area contributed by atoms with Crippen LogP contribution >= 0.6 is 0 Å². The highest BCUT2D eigenvalue weighted by Crippen LogP contribution is 2.25. The van der Waals surface area contributed by atoms with Gasteiger partial charge in [0.15, 0.2) is 0 Å². The maximum absolute atomic E-state index is 12.0. The van der Waals surface area contributed by atoms with Gasteiger partial charge in [-0.1, -0.05) is 50.3 Å². The first kappa shape index (κ1) is 15.7. The van der Waals surface area contributed by atoms with Crippen LogP contribution in [-0.4, -0.2) is 29.6 Å². The standard InChI is InChI=1S/C17H26N2O2/c1-19(13-15-9-5-6-10-16(15)20)17(21)18-12-11-14-7-3-2-4-8-14/h5-6,9-10,14,20H,2-4,7-8,11-13H2,1H3,(H,18,21). The molecule has 0 heterocycles. The van der Waals surface area contributed by atoms with Gasteiger partial charge in [-0.3, -0.25) is 0 Å². The van der Waals surface area contributed by atoms with E-state index in [9.17, 15) is 9.90 Å². The van der Waals surface area contributed by atoms with Crippen LogP contribution in [0.15, 0.2) is 24.3 Å². The Morgan fingerprint density at radius 1 is 1.29 bits per heavy atom. The molecule has 1 aliphatic carbocycles. The van der Waals surface area contributed by atoms with Crippen LogP contribution in [0.3, 0.4) is 0 Å². The number of aromatic hydroxyl groups is 1. The molecule has 2 N–H and O–H groups in total. The summed E-state index contributed by atoms with van der Waals surface area (Å²) in [5.74, 6) is 1.02. The van der Waals surface area contributed by atoms with Crippen LogP contribution in [0.1, 0.15) is 44.1 Å². The number of carbonyl (C=O) groups is 1. The third-order valence-electron chi connectivity index (χ3n) is 4.30. The summed E-state index contributed by atoms with van der Waals surface area (Å²) in [5.41, 5.74) is 0.766. The van der Waals surface area contributed by atoms with Crippen LogP contribution in [0, 0.1) is 5.92 Å². The number of urea groups is 1. The number of benzene rings is 1. The zero-order valence-corrected chi connectivity index (χ0v) is 12.8. The van der Waals surface area contributed by atoms with Crippen LogP contribution in [0.5, 0.6) is 5.75 Å². The van der Waals surface area contributed by atoms with Gasteiger partial charge in [-0.25, -0.2) is 4.79 Å². The van der Waals surface area contributed by atoms with Crippen molar-refractivity contribution in [3.05, 3.63) is 29.8 Å². The molecule has 0 radical (unpaired) electrons. The lowest BCUT2D eigenvalue weighted by atomic mass is 9.87. The number of phenols is 1. The molecule has 0 unspecified atom stereocenters. The second-order valence-corrected chi connectivity index (χ2v) is 6.01. The van der Waals surface area contributed by atoms with Crippen molar-refractivity contribution < 1.29 is 9.90 Å². The van der Waals surface area contributed by atoms with Crippen molar-refractivity contribution >= 4 is 6.03 Å². The summed E-state index contributed by atoms with van der Waals surface area (Å²) in [7, 11) is 1.75. The average molecular weight is 290 g/mol. The fraction of sp³-hybridized carbons (Fsp3) is 0.588. The SMILES string of the molecule is CN(Cc1ccccc1O)C(=O)NCCC1CCCCC1. The van der Waals surface area contributed by atoms with E-state index in [1.807, 2.05) is 12.1 Å². The number of amides is 2. The third-order valence-corrected chi connectivity index (χ3v) is 4.30. The fourth-order valence-corrected chi connectivity index (χ4v) is 2.97. The summed E-state index contributed by atoms with van der Waals surface area (Å²) in [4.78, 5) is 13.6. The van der Waals surface area contributed by atoms with Crippen molar-refractivity contribution in [1.29, 1.82) is 0 Å². The molecule has 0 spiro atoms. The smallest absolute Gasteiger partial charge is 0.317 e. The second-order valence-electron chi connectivity index (χ2n) is 6.01. The largest absolute Gasteiger partial charge is 0.508 e. The number of hydrogen-bond donors (Lipinski definition) is 2. The molecule has 2 rings (SSSR count). The van der Waals surface area contributed by atoms with Crippen molar-refractivity contribution in [3.63, 3.8) is 0 Å². The molecule has 4 nitrogen and oxygen atoms in total. The lowest BCUT2D eigenvalue weighted by Gasteiger charge is -2.23.